The van der Waals surface area contributed by atoms with Gasteiger partial charge >= 0.3 is 11.9 Å². The number of carbonyl (C=O) groups is 4. The second-order valence-corrected chi connectivity index (χ2v) is 22.3. The number of carbonyl (C=O) groups excluding carboxylic acids is 4. The number of hydrogen-bond donors (Lipinski definition) is 2. The zero-order valence-corrected chi connectivity index (χ0v) is 45.6. The third-order valence-electron chi connectivity index (χ3n) is 13.4. The second kappa shape index (κ2) is 23.6. The monoisotopic (exact) mass is 1130 g/mol. The van der Waals surface area contributed by atoms with Gasteiger partial charge in [0.2, 0.25) is 5.43 Å². The van der Waals surface area contributed by atoms with Crippen LogP contribution in [0.2, 0.25) is 0 Å². The van der Waals surface area contributed by atoms with Gasteiger partial charge in [0, 0.05) is 35.4 Å². The van der Waals surface area contributed by atoms with Gasteiger partial charge in [-0.2, -0.15) is 0 Å². The van der Waals surface area contributed by atoms with Crippen LogP contribution < -0.4 is 25.7 Å². The largest absolute Gasteiger partial charge is 0.497 e. The third-order valence-corrected chi connectivity index (χ3v) is 18.1. The fraction of sp³-hybridized carbons (Fsp3) is 0.246. The second-order valence-electron chi connectivity index (χ2n) is 18.1. The lowest BCUT2D eigenvalue weighted by molar-refractivity contribution is -0.153. The molecule has 3 aliphatic heterocycles. The summed E-state index contributed by atoms with van der Waals surface area (Å²) in [6.07, 6.45) is 1.50. The molecule has 21 heteroatoms. The van der Waals surface area contributed by atoms with E-state index in [0.29, 0.717) is 35.1 Å². The van der Waals surface area contributed by atoms with Crippen LogP contribution in [0.4, 0.5) is 19.6 Å². The molecule has 400 valence electrons. The molecule has 7 aromatic rings. The number of β-lactam (4-membered cyclic amide) rings is 1. The van der Waals surface area contributed by atoms with E-state index in [1.165, 1.54) is 42.2 Å². The zero-order chi connectivity index (χ0) is 54.5. The predicted octanol–water partition coefficient (Wildman–Crippen LogP) is 9.73. The average Bonchev–Trinajstić information content (AvgIpc) is 4.30. The number of ether oxygens (including phenoxy) is 3. The van der Waals surface area contributed by atoms with Gasteiger partial charge in [0.1, 0.15) is 64.9 Å². The van der Waals surface area contributed by atoms with Crippen LogP contribution in [0.25, 0.3) is 10.1 Å². The molecule has 5 aromatic carbocycles. The highest BCUT2D eigenvalue weighted by Crippen LogP contribution is 2.45. The van der Waals surface area contributed by atoms with Gasteiger partial charge < -0.3 is 34.6 Å². The lowest BCUT2D eigenvalue weighted by Crippen LogP contribution is -2.71. The molecule has 0 aliphatic carbocycles. The number of hydrogen-bond acceptors (Lipinski definition) is 17. The van der Waals surface area contributed by atoms with Gasteiger partial charge in [-0.25, -0.2) is 23.4 Å². The van der Waals surface area contributed by atoms with Crippen molar-refractivity contribution in [2.24, 2.45) is 5.16 Å². The van der Waals surface area contributed by atoms with E-state index in [1.807, 2.05) is 91.0 Å². The van der Waals surface area contributed by atoms with Crippen LogP contribution in [0.15, 0.2) is 152 Å². The number of esters is 2. The Hall–Kier alpha value is -7.59. The number of aromatic nitrogens is 1. The van der Waals surface area contributed by atoms with Crippen LogP contribution in [0, 0.1) is 11.6 Å². The Bertz CT molecular complexity index is 3430. The summed E-state index contributed by atoms with van der Waals surface area (Å²) in [6.45, 7) is 2.19. The van der Waals surface area contributed by atoms with Gasteiger partial charge in [0.15, 0.2) is 16.7 Å². The number of amides is 2. The highest BCUT2D eigenvalue weighted by atomic mass is 32.2. The number of rotatable bonds is 19. The lowest BCUT2D eigenvalue weighted by atomic mass is 9.77. The van der Waals surface area contributed by atoms with E-state index in [4.69, 9.17) is 24.0 Å². The van der Waals surface area contributed by atoms with Gasteiger partial charge in [0.05, 0.1) is 22.6 Å². The van der Waals surface area contributed by atoms with E-state index in [2.05, 4.69) is 15.8 Å². The van der Waals surface area contributed by atoms with Crippen molar-refractivity contribution >= 4 is 96.6 Å². The first kappa shape index (κ1) is 53.8. The van der Waals surface area contributed by atoms with Crippen molar-refractivity contribution in [3.8, 4) is 5.75 Å². The molecule has 0 bridgehead atoms. The van der Waals surface area contributed by atoms with E-state index < -0.39 is 63.3 Å². The van der Waals surface area contributed by atoms with E-state index in [-0.39, 0.29) is 61.8 Å². The van der Waals surface area contributed by atoms with Crippen molar-refractivity contribution in [1.82, 2.24) is 15.2 Å². The SMILES string of the molecule is CCOC(=O)c1c(SCC2=C(C(=O)OCc3ccc(OC)cc3)N3C(=O)C(NC(=O)/C(=N\OC)c4csc(NC(c5ccccc5)(c5ccccc5)c5ccccc5)n4)[C@@H]3SC2)sc2c(F)c(N3CCCC3)c(F)cc2c1=O. The number of nitrogens with zero attached hydrogens (tertiary/aromatic N) is 4. The molecule has 15 nitrogen and oxygen atoms in total. The summed E-state index contributed by atoms with van der Waals surface area (Å²) in [5, 5.41) is 11.6. The van der Waals surface area contributed by atoms with Gasteiger partial charge in [-0.1, -0.05) is 108 Å². The van der Waals surface area contributed by atoms with Crippen molar-refractivity contribution < 1.29 is 47.0 Å². The normalized spacial score (nSPS) is 16.4. The van der Waals surface area contributed by atoms with Crippen LogP contribution in [0.3, 0.4) is 0 Å². The van der Waals surface area contributed by atoms with E-state index in [9.17, 15) is 24.0 Å². The van der Waals surface area contributed by atoms with Crippen LogP contribution >= 0.6 is 46.2 Å². The smallest absolute Gasteiger partial charge is 0.355 e. The van der Waals surface area contributed by atoms with Crippen molar-refractivity contribution in [3.05, 3.63) is 193 Å². The molecule has 1 unspecified atom stereocenters. The third kappa shape index (κ3) is 10.5. The molecule has 2 amide bonds. The Labute approximate surface area is 463 Å². The minimum Gasteiger partial charge on any atom is -0.497 e. The number of nitrogens with one attached hydrogen (secondary N) is 2. The number of methoxy groups -OCH3 is 1. The molecule has 5 heterocycles. The summed E-state index contributed by atoms with van der Waals surface area (Å²) in [5.41, 5.74) is 1.24. The minimum absolute atomic E-state index is 0.0747. The van der Waals surface area contributed by atoms with E-state index in [1.54, 1.807) is 41.5 Å². The number of benzene rings is 5. The Balaban J connectivity index is 0.940. The van der Waals surface area contributed by atoms with E-state index >= 15 is 8.78 Å². The highest BCUT2D eigenvalue weighted by Gasteiger charge is 2.55. The Morgan fingerprint density at radius 1 is 0.859 bits per heavy atom. The molecule has 2 fully saturated rings. The molecule has 0 spiro atoms. The Morgan fingerprint density at radius 2 is 1.50 bits per heavy atom. The first-order chi connectivity index (χ1) is 37.9. The quantitative estimate of drug-likeness (QED) is 0.0195. The summed E-state index contributed by atoms with van der Waals surface area (Å²) < 4.78 is 48.4. The van der Waals surface area contributed by atoms with Crippen molar-refractivity contribution in [1.29, 1.82) is 0 Å². The number of thiazole rings is 1. The molecular formula is C57H50F2N6O9S4. The van der Waals surface area contributed by atoms with Gasteiger partial charge in [-0.15, -0.1) is 46.2 Å². The molecule has 0 saturated carbocycles. The molecule has 2 saturated heterocycles. The standard InChI is InChI=1S/C57H50F2N6O9S4/c1-4-73-53(69)42-48(66)39-28-40(58)47(64-26-14-15-27-64)43(59)49(39)78-55(42)76-31-34-30-75-52-45(51(68)65(52)46(34)54(70)74-29-33-22-24-38(71-2)25-23-33)61-50(67)44(63-72-3)41-32-77-56(60-41)62-57(35-16-8-5-9-17-35,36-18-10-6-11-19-36)37-20-12-7-13-21-37/h5-13,16-25,28,32,45,52H,4,14-15,26-27,29-31H2,1-3H3,(H,60,62)(H,61,67)/b63-44-/t45?,52-/m0/s1. The summed E-state index contributed by atoms with van der Waals surface area (Å²) >= 11 is 4.30. The van der Waals surface area contributed by atoms with Crippen molar-refractivity contribution in [2.75, 3.05) is 55.6 Å². The number of fused-ring (bicyclic) bond motifs is 2. The Kier molecular flexibility index (Phi) is 16.3. The first-order valence-electron chi connectivity index (χ1n) is 24.8. The van der Waals surface area contributed by atoms with Crippen molar-refractivity contribution in [2.45, 2.75) is 47.5 Å². The molecular weight excluding hydrogens is 1080 g/mol. The maximum Gasteiger partial charge on any atom is 0.355 e. The van der Waals surface area contributed by atoms with Crippen LogP contribution in [0.1, 0.15) is 58.1 Å². The summed E-state index contributed by atoms with van der Waals surface area (Å²) in [6, 6.07) is 36.5. The summed E-state index contributed by atoms with van der Waals surface area (Å²) in [7, 11) is 2.82. The number of thioether (sulfide) groups is 2. The molecule has 10 rings (SSSR count). The van der Waals surface area contributed by atoms with Crippen LogP contribution in [0.5, 0.6) is 5.75 Å². The van der Waals surface area contributed by atoms with E-state index in [0.717, 1.165) is 58.7 Å². The van der Waals surface area contributed by atoms with Crippen LogP contribution in [-0.2, 0) is 40.8 Å². The highest BCUT2D eigenvalue weighted by molar-refractivity contribution is 8.02. The van der Waals surface area contributed by atoms with Gasteiger partial charge in [-0.3, -0.25) is 19.3 Å². The molecule has 3 aliphatic rings. The zero-order valence-electron chi connectivity index (χ0n) is 42.3. The lowest BCUT2D eigenvalue weighted by Gasteiger charge is -2.49. The molecule has 2 aromatic heterocycles. The summed E-state index contributed by atoms with van der Waals surface area (Å²) in [4.78, 5) is 83.7. The molecule has 2 N–H and O–H groups in total. The number of oxime groups is 1. The van der Waals surface area contributed by atoms with Gasteiger partial charge in [0.25, 0.3) is 11.8 Å². The number of halogens is 2. The molecule has 0 radical (unpaired) electrons. The molecule has 78 heavy (non-hydrogen) atoms. The predicted molar refractivity (Wildman–Crippen MR) is 299 cm³/mol. The average molecular weight is 1130 g/mol. The summed E-state index contributed by atoms with van der Waals surface area (Å²) in [5.74, 6) is -4.39. The maximum atomic E-state index is 16.4. The first-order valence-corrected chi connectivity index (χ1v) is 28.5. The fourth-order valence-electron chi connectivity index (χ4n) is 9.70. The van der Waals surface area contributed by atoms with Gasteiger partial charge in [-0.05, 0) is 65.8 Å². The molecule has 2 atom stereocenters. The van der Waals surface area contributed by atoms with Crippen LogP contribution in [-0.4, -0.2) is 96.2 Å². The Morgan fingerprint density at radius 3 is 2.10 bits per heavy atom. The van der Waals surface area contributed by atoms with Crippen molar-refractivity contribution in [3.63, 3.8) is 0 Å². The number of anilines is 2. The maximum absolute atomic E-state index is 16.4. The topological polar surface area (TPSA) is 178 Å². The minimum atomic E-state index is -1.14. The fourth-order valence-corrected chi connectivity index (χ4v) is 14.4.